The minimum absolute atomic E-state index is 0.116. The summed E-state index contributed by atoms with van der Waals surface area (Å²) in [6.07, 6.45) is 3.18. The van der Waals surface area contributed by atoms with Crippen LogP contribution in [0.3, 0.4) is 0 Å². The van der Waals surface area contributed by atoms with Crippen LogP contribution in [0.25, 0.3) is 0 Å². The third kappa shape index (κ3) is 2.10. The lowest BCUT2D eigenvalue weighted by Crippen LogP contribution is -2.68. The van der Waals surface area contributed by atoms with Gasteiger partial charge in [-0.15, -0.1) is 0 Å². The van der Waals surface area contributed by atoms with E-state index in [0.717, 1.165) is 24.8 Å². The number of ether oxygens (including phenoxy) is 2. The van der Waals surface area contributed by atoms with Crippen LogP contribution >= 0.6 is 0 Å². The van der Waals surface area contributed by atoms with Crippen LogP contribution in [-0.2, 0) is 19.9 Å². The van der Waals surface area contributed by atoms with Crippen molar-refractivity contribution in [2.75, 3.05) is 6.61 Å². The summed E-state index contributed by atoms with van der Waals surface area (Å²) in [5.41, 5.74) is -0.285. The Balaban J connectivity index is 1.99. The molecule has 3 atom stereocenters. The van der Waals surface area contributed by atoms with Crippen LogP contribution in [0.5, 0.6) is 0 Å². The number of rotatable bonds is 1. The van der Waals surface area contributed by atoms with Gasteiger partial charge in [-0.2, -0.15) is 0 Å². The van der Waals surface area contributed by atoms with Crippen LogP contribution in [0.2, 0.25) is 0 Å². The second-order valence-corrected chi connectivity index (χ2v) is 6.98. The van der Waals surface area contributed by atoms with E-state index >= 15 is 0 Å². The van der Waals surface area contributed by atoms with Gasteiger partial charge in [-0.25, -0.2) is 4.79 Å². The summed E-state index contributed by atoms with van der Waals surface area (Å²) >= 11 is 0. The number of hydrogen-bond acceptors (Lipinski definition) is 3. The minimum Gasteiger partial charge on any atom is -0.463 e. The fourth-order valence-corrected chi connectivity index (χ4v) is 3.68. The highest BCUT2D eigenvalue weighted by Crippen LogP contribution is 2.58. The third-order valence-corrected chi connectivity index (χ3v) is 5.26. The summed E-state index contributed by atoms with van der Waals surface area (Å²) in [4.78, 5) is 12.8. The van der Waals surface area contributed by atoms with E-state index in [9.17, 15) is 4.79 Å². The van der Waals surface area contributed by atoms with E-state index in [-0.39, 0.29) is 17.5 Å². The van der Waals surface area contributed by atoms with Crippen molar-refractivity contribution in [1.29, 1.82) is 0 Å². The standard InChI is InChI=1S/C18H24O3/c1-13-9-10-15-17(2,3)18(21-15,16(19)20-12-11-13)14-7-5-4-6-8-14/h4-8,13,15H,9-12H2,1-3H3/t13-,15-,18+/m0/s1. The van der Waals surface area contributed by atoms with Gasteiger partial charge in [-0.3, -0.25) is 0 Å². The Morgan fingerprint density at radius 2 is 1.81 bits per heavy atom. The second kappa shape index (κ2) is 5.13. The molecule has 2 bridgehead atoms. The van der Waals surface area contributed by atoms with Crippen molar-refractivity contribution in [2.45, 2.75) is 51.7 Å². The Bertz CT molecular complexity index is 523. The molecule has 4 rings (SSSR count). The summed E-state index contributed by atoms with van der Waals surface area (Å²) in [5, 5.41) is 0. The smallest absolute Gasteiger partial charge is 0.343 e. The van der Waals surface area contributed by atoms with Crippen molar-refractivity contribution < 1.29 is 14.3 Å². The Labute approximate surface area is 126 Å². The molecule has 0 N–H and O–H groups in total. The van der Waals surface area contributed by atoms with E-state index < -0.39 is 5.60 Å². The zero-order chi connectivity index (χ0) is 15.1. The van der Waals surface area contributed by atoms with Gasteiger partial charge in [-0.1, -0.05) is 51.1 Å². The Hall–Kier alpha value is -1.35. The lowest BCUT2D eigenvalue weighted by atomic mass is 9.60. The lowest BCUT2D eigenvalue weighted by Gasteiger charge is -2.59. The topological polar surface area (TPSA) is 35.5 Å². The molecule has 1 aromatic carbocycles. The average Bonchev–Trinajstić information content (AvgIpc) is 2.47. The molecule has 3 heteroatoms. The number of benzene rings is 1. The van der Waals surface area contributed by atoms with Crippen LogP contribution in [0, 0.1) is 11.3 Å². The normalized spacial score (nSPS) is 35.5. The minimum atomic E-state index is -0.945. The van der Waals surface area contributed by atoms with Gasteiger partial charge < -0.3 is 9.47 Å². The molecule has 3 heterocycles. The molecule has 3 aliphatic heterocycles. The zero-order valence-electron chi connectivity index (χ0n) is 13.1. The Kier molecular flexibility index (Phi) is 3.56. The molecule has 0 aromatic heterocycles. The first kappa shape index (κ1) is 14.6. The molecule has 1 aromatic rings. The maximum atomic E-state index is 12.8. The van der Waals surface area contributed by atoms with Crippen molar-refractivity contribution in [3.63, 3.8) is 0 Å². The fourth-order valence-electron chi connectivity index (χ4n) is 3.68. The van der Waals surface area contributed by atoms with E-state index in [1.165, 1.54) is 0 Å². The molecule has 0 saturated carbocycles. The SMILES string of the molecule is C[C@@H]1CCOC(=O)[C@@]2(c3ccccc3)O[C@@H](CC1)C2(C)C. The highest BCUT2D eigenvalue weighted by Gasteiger charge is 2.67. The zero-order valence-corrected chi connectivity index (χ0v) is 13.1. The van der Waals surface area contributed by atoms with Gasteiger partial charge in [0.15, 0.2) is 5.60 Å². The molecule has 21 heavy (non-hydrogen) atoms. The summed E-state index contributed by atoms with van der Waals surface area (Å²) in [6.45, 7) is 6.95. The van der Waals surface area contributed by atoms with Gasteiger partial charge in [-0.05, 0) is 30.7 Å². The average molecular weight is 288 g/mol. The molecular weight excluding hydrogens is 264 g/mol. The molecule has 0 spiro atoms. The van der Waals surface area contributed by atoms with Gasteiger partial charge in [0.2, 0.25) is 0 Å². The first-order valence-corrected chi connectivity index (χ1v) is 7.89. The fraction of sp³-hybridized carbons (Fsp3) is 0.611. The molecule has 0 amide bonds. The Morgan fingerprint density at radius 1 is 1.10 bits per heavy atom. The largest absolute Gasteiger partial charge is 0.463 e. The summed E-state index contributed by atoms with van der Waals surface area (Å²) in [6, 6.07) is 9.79. The molecule has 3 fully saturated rings. The van der Waals surface area contributed by atoms with Crippen molar-refractivity contribution in [2.24, 2.45) is 11.3 Å². The molecule has 3 nitrogen and oxygen atoms in total. The summed E-state index contributed by atoms with van der Waals surface area (Å²) < 4.78 is 11.8. The van der Waals surface area contributed by atoms with E-state index in [2.05, 4.69) is 20.8 Å². The van der Waals surface area contributed by atoms with Crippen LogP contribution in [-0.4, -0.2) is 18.7 Å². The van der Waals surface area contributed by atoms with Gasteiger partial charge in [0.1, 0.15) is 0 Å². The molecule has 3 aliphatic rings. The van der Waals surface area contributed by atoms with E-state index in [4.69, 9.17) is 9.47 Å². The van der Waals surface area contributed by atoms with Crippen LogP contribution in [0.1, 0.15) is 45.6 Å². The van der Waals surface area contributed by atoms with E-state index in [0.29, 0.717) is 12.5 Å². The van der Waals surface area contributed by atoms with Gasteiger partial charge >= 0.3 is 5.97 Å². The molecule has 3 saturated heterocycles. The summed E-state index contributed by atoms with van der Waals surface area (Å²) in [5.74, 6) is 0.339. The van der Waals surface area contributed by atoms with Crippen LogP contribution < -0.4 is 0 Å². The Morgan fingerprint density at radius 3 is 2.48 bits per heavy atom. The maximum Gasteiger partial charge on any atom is 0.343 e. The van der Waals surface area contributed by atoms with Crippen molar-refractivity contribution in [3.05, 3.63) is 35.9 Å². The molecular formula is C18H24O3. The molecule has 0 unspecified atom stereocenters. The van der Waals surface area contributed by atoms with Gasteiger partial charge in [0, 0.05) is 5.41 Å². The number of esters is 1. The number of carbonyl (C=O) groups is 1. The number of hydrogen-bond donors (Lipinski definition) is 0. The van der Waals surface area contributed by atoms with E-state index in [1.54, 1.807) is 0 Å². The van der Waals surface area contributed by atoms with Crippen molar-refractivity contribution in [1.82, 2.24) is 0 Å². The monoisotopic (exact) mass is 288 g/mol. The van der Waals surface area contributed by atoms with Crippen molar-refractivity contribution in [3.8, 4) is 0 Å². The predicted molar refractivity (Wildman–Crippen MR) is 80.7 cm³/mol. The third-order valence-electron chi connectivity index (χ3n) is 5.26. The predicted octanol–water partition coefficient (Wildman–Crippen LogP) is 3.67. The van der Waals surface area contributed by atoms with Crippen LogP contribution in [0.15, 0.2) is 30.3 Å². The molecule has 0 aliphatic carbocycles. The van der Waals surface area contributed by atoms with E-state index in [1.807, 2.05) is 30.3 Å². The van der Waals surface area contributed by atoms with Crippen LogP contribution in [0.4, 0.5) is 0 Å². The van der Waals surface area contributed by atoms with Gasteiger partial charge in [0.05, 0.1) is 12.7 Å². The number of carbonyl (C=O) groups excluding carboxylic acids is 1. The highest BCUT2D eigenvalue weighted by atomic mass is 16.6. The molecule has 114 valence electrons. The number of fused-ring (bicyclic) bond motifs is 6. The van der Waals surface area contributed by atoms with Crippen molar-refractivity contribution >= 4 is 5.97 Å². The second-order valence-electron chi connectivity index (χ2n) is 6.98. The molecule has 0 radical (unpaired) electrons. The first-order chi connectivity index (χ1) is 9.98. The van der Waals surface area contributed by atoms with Gasteiger partial charge in [0.25, 0.3) is 0 Å². The summed E-state index contributed by atoms with van der Waals surface area (Å²) in [7, 11) is 0. The highest BCUT2D eigenvalue weighted by molar-refractivity contribution is 5.84. The maximum absolute atomic E-state index is 12.8. The first-order valence-electron chi connectivity index (χ1n) is 7.89. The lowest BCUT2D eigenvalue weighted by molar-refractivity contribution is -0.313. The quantitative estimate of drug-likeness (QED) is 0.740.